The van der Waals surface area contributed by atoms with Crippen LogP contribution in [0.15, 0.2) is 29.6 Å². The minimum absolute atomic E-state index is 0.0537. The second-order valence-electron chi connectivity index (χ2n) is 7.31. The van der Waals surface area contributed by atoms with Gasteiger partial charge in [-0.05, 0) is 24.3 Å². The molecule has 0 radical (unpaired) electrons. The van der Waals surface area contributed by atoms with Crippen molar-refractivity contribution in [3.8, 4) is 10.6 Å². The van der Waals surface area contributed by atoms with Crippen LogP contribution in [0.25, 0.3) is 10.6 Å². The van der Waals surface area contributed by atoms with E-state index in [0.29, 0.717) is 31.0 Å². The Morgan fingerprint density at radius 2 is 1.90 bits per heavy atom. The van der Waals surface area contributed by atoms with Crippen LogP contribution in [0.5, 0.6) is 0 Å². The van der Waals surface area contributed by atoms with Crippen molar-refractivity contribution in [1.82, 2.24) is 10.3 Å². The maximum Gasteiger partial charge on any atom is 0.312 e. The molecule has 29 heavy (non-hydrogen) atoms. The van der Waals surface area contributed by atoms with E-state index in [9.17, 15) is 19.5 Å². The first-order chi connectivity index (χ1) is 13.8. The molecule has 0 saturated heterocycles. The van der Waals surface area contributed by atoms with Crippen LogP contribution in [0.4, 0.5) is 4.79 Å². The van der Waals surface area contributed by atoms with Gasteiger partial charge in [-0.1, -0.05) is 38.1 Å². The van der Waals surface area contributed by atoms with Gasteiger partial charge in [0.1, 0.15) is 10.8 Å². The van der Waals surface area contributed by atoms with Crippen LogP contribution in [0.3, 0.4) is 0 Å². The first-order valence-corrected chi connectivity index (χ1v) is 10.5. The van der Waals surface area contributed by atoms with Crippen molar-refractivity contribution in [3.63, 3.8) is 0 Å². The molecule has 8 heteroatoms. The number of rotatable bonds is 11. The van der Waals surface area contributed by atoms with Gasteiger partial charge in [-0.2, -0.15) is 0 Å². The summed E-state index contributed by atoms with van der Waals surface area (Å²) in [4.78, 5) is 38.9. The van der Waals surface area contributed by atoms with Gasteiger partial charge in [0.15, 0.2) is 0 Å². The lowest BCUT2D eigenvalue weighted by molar-refractivity contribution is -0.144. The second-order valence-corrected chi connectivity index (χ2v) is 8.17. The summed E-state index contributed by atoms with van der Waals surface area (Å²) in [5.41, 5.74) is 7.89. The van der Waals surface area contributed by atoms with Crippen LogP contribution in [0.2, 0.25) is 0 Å². The van der Waals surface area contributed by atoms with Gasteiger partial charge in [0, 0.05) is 30.3 Å². The van der Waals surface area contributed by atoms with Gasteiger partial charge >= 0.3 is 12.0 Å². The molecule has 1 aromatic heterocycles. The Balaban J connectivity index is 1.91. The molecular formula is C21H27N3O4S. The van der Waals surface area contributed by atoms with Gasteiger partial charge < -0.3 is 16.2 Å². The molecule has 2 amide bonds. The van der Waals surface area contributed by atoms with Gasteiger partial charge in [0.2, 0.25) is 0 Å². The first-order valence-electron chi connectivity index (χ1n) is 9.58. The third-order valence-electron chi connectivity index (χ3n) is 4.61. The lowest BCUT2D eigenvalue weighted by atomic mass is 9.95. The largest absolute Gasteiger partial charge is 0.481 e. The lowest BCUT2D eigenvalue weighted by Crippen LogP contribution is -2.30. The molecule has 0 saturated carbocycles. The number of nitrogens with zero attached hydrogens (tertiary/aromatic N) is 1. The Bertz CT molecular complexity index is 846. The van der Waals surface area contributed by atoms with E-state index < -0.39 is 17.9 Å². The smallest absolute Gasteiger partial charge is 0.312 e. The van der Waals surface area contributed by atoms with Crippen molar-refractivity contribution >= 4 is 29.1 Å². The molecule has 0 aliphatic carbocycles. The van der Waals surface area contributed by atoms with Gasteiger partial charge in [-0.25, -0.2) is 9.78 Å². The highest BCUT2D eigenvalue weighted by molar-refractivity contribution is 7.13. The number of ketones is 1. The lowest BCUT2D eigenvalue weighted by Gasteiger charge is -2.11. The molecule has 0 spiro atoms. The maximum atomic E-state index is 12.3. The van der Waals surface area contributed by atoms with E-state index in [1.54, 1.807) is 0 Å². The third-order valence-corrected chi connectivity index (χ3v) is 5.55. The van der Waals surface area contributed by atoms with Gasteiger partial charge in [0.05, 0.1) is 11.6 Å². The van der Waals surface area contributed by atoms with Gasteiger partial charge in [-0.3, -0.25) is 9.59 Å². The zero-order valence-corrected chi connectivity index (χ0v) is 17.5. The molecule has 0 bridgehead atoms. The number of aromatic nitrogens is 1. The molecule has 156 valence electrons. The normalized spacial score (nSPS) is 12.0. The van der Waals surface area contributed by atoms with Crippen molar-refractivity contribution in [3.05, 3.63) is 40.9 Å². The fraction of sp³-hybridized carbons (Fsp3) is 0.429. The fourth-order valence-corrected chi connectivity index (χ4v) is 3.78. The van der Waals surface area contributed by atoms with E-state index in [4.69, 9.17) is 5.73 Å². The standard InChI is InChI=1S/C21H27N3O4S/c1-13(2)14-5-7-15(8-6-14)19-24-17(12-29-19)11-18(25)10-16(20(26)27)4-3-9-23-21(22)28/h5-8,12-13,16H,3-4,9-11H2,1-2H3,(H,26,27)(H3,22,23,28)/t16-/m0/s1. The number of urea groups is 1. The van der Waals surface area contributed by atoms with Crippen LogP contribution in [-0.2, 0) is 16.0 Å². The van der Waals surface area contributed by atoms with Gasteiger partial charge in [0.25, 0.3) is 0 Å². The summed E-state index contributed by atoms with van der Waals surface area (Å²) in [6.45, 7) is 4.57. The van der Waals surface area contributed by atoms with E-state index in [1.165, 1.54) is 16.9 Å². The minimum atomic E-state index is -1.01. The number of hydrogen-bond acceptors (Lipinski definition) is 5. The first kappa shape index (κ1) is 22.5. The highest BCUT2D eigenvalue weighted by Gasteiger charge is 2.21. The zero-order valence-electron chi connectivity index (χ0n) is 16.7. The number of carboxylic acid groups (broad SMARTS) is 1. The predicted octanol–water partition coefficient (Wildman–Crippen LogP) is 3.58. The average molecular weight is 418 g/mol. The molecule has 7 nitrogen and oxygen atoms in total. The van der Waals surface area contributed by atoms with E-state index in [0.717, 1.165) is 10.6 Å². The Morgan fingerprint density at radius 1 is 1.21 bits per heavy atom. The maximum absolute atomic E-state index is 12.3. The number of nitrogens with one attached hydrogen (secondary N) is 1. The number of carboxylic acids is 1. The van der Waals surface area contributed by atoms with Crippen molar-refractivity contribution in [1.29, 1.82) is 0 Å². The van der Waals surface area contributed by atoms with Crippen LogP contribution in [0, 0.1) is 5.92 Å². The molecule has 1 atom stereocenters. The van der Waals surface area contributed by atoms with E-state index in [1.807, 2.05) is 17.5 Å². The summed E-state index contributed by atoms with van der Waals surface area (Å²) in [6.07, 6.45) is 0.804. The van der Waals surface area contributed by atoms with Crippen LogP contribution < -0.4 is 11.1 Å². The summed E-state index contributed by atoms with van der Waals surface area (Å²) >= 11 is 1.47. The fourth-order valence-electron chi connectivity index (χ4n) is 2.95. The number of carbonyl (C=O) groups excluding carboxylic acids is 2. The van der Waals surface area contributed by atoms with E-state index in [2.05, 4.69) is 36.3 Å². The highest BCUT2D eigenvalue weighted by atomic mass is 32.1. The Labute approximate surface area is 174 Å². The quantitative estimate of drug-likeness (QED) is 0.482. The van der Waals surface area contributed by atoms with Crippen molar-refractivity contribution in [2.45, 2.75) is 45.4 Å². The number of thiazole rings is 1. The molecule has 2 aromatic rings. The summed E-state index contributed by atoms with van der Waals surface area (Å²) in [5.74, 6) is -1.49. The Hall–Kier alpha value is -2.74. The molecule has 0 aliphatic rings. The molecule has 0 fully saturated rings. The number of aliphatic carboxylic acids is 1. The van der Waals surface area contributed by atoms with Crippen molar-refractivity contribution < 1.29 is 19.5 Å². The molecule has 2 rings (SSSR count). The van der Waals surface area contributed by atoms with Crippen LogP contribution >= 0.6 is 11.3 Å². The van der Waals surface area contributed by atoms with E-state index >= 15 is 0 Å². The molecule has 1 aromatic carbocycles. The number of carbonyl (C=O) groups is 3. The zero-order chi connectivity index (χ0) is 21.4. The van der Waals surface area contributed by atoms with Crippen LogP contribution in [0.1, 0.15) is 50.3 Å². The number of Topliss-reactive ketones (excluding diaryl/α,β-unsaturated/α-hetero) is 1. The van der Waals surface area contributed by atoms with Gasteiger partial charge in [-0.15, -0.1) is 11.3 Å². The predicted molar refractivity (Wildman–Crippen MR) is 113 cm³/mol. The molecule has 1 heterocycles. The van der Waals surface area contributed by atoms with Crippen LogP contribution in [-0.4, -0.2) is 34.4 Å². The summed E-state index contributed by atoms with van der Waals surface area (Å²) in [5, 5.41) is 14.4. The number of amides is 2. The number of primary amides is 1. The SMILES string of the molecule is CC(C)c1ccc(-c2nc(CC(=O)C[C@H](CCCNC(N)=O)C(=O)O)cs2)cc1. The summed E-state index contributed by atoms with van der Waals surface area (Å²) in [7, 11) is 0. The molecule has 0 aliphatic heterocycles. The number of nitrogens with two attached hydrogens (primary N) is 1. The minimum Gasteiger partial charge on any atom is -0.481 e. The number of benzene rings is 1. The highest BCUT2D eigenvalue weighted by Crippen LogP contribution is 2.26. The van der Waals surface area contributed by atoms with E-state index in [-0.39, 0.29) is 18.6 Å². The topological polar surface area (TPSA) is 122 Å². The summed E-state index contributed by atoms with van der Waals surface area (Å²) < 4.78 is 0. The Kier molecular flexibility index (Phi) is 8.33. The molecule has 0 unspecified atom stereocenters. The summed E-state index contributed by atoms with van der Waals surface area (Å²) in [6, 6.07) is 7.57. The molecular weight excluding hydrogens is 390 g/mol. The monoisotopic (exact) mass is 417 g/mol. The second kappa shape index (κ2) is 10.7. The molecule has 4 N–H and O–H groups in total. The Morgan fingerprint density at radius 3 is 2.48 bits per heavy atom. The van der Waals surface area contributed by atoms with Crippen molar-refractivity contribution in [2.24, 2.45) is 11.7 Å². The number of hydrogen-bond donors (Lipinski definition) is 3. The third kappa shape index (κ3) is 7.30. The van der Waals surface area contributed by atoms with Crippen molar-refractivity contribution in [2.75, 3.05) is 6.54 Å². The average Bonchev–Trinajstić information content (AvgIpc) is 3.12.